The highest BCUT2D eigenvalue weighted by molar-refractivity contribution is 5.69. The maximum absolute atomic E-state index is 7.98. The van der Waals surface area contributed by atoms with Crippen molar-refractivity contribution in [3.63, 3.8) is 0 Å². The van der Waals surface area contributed by atoms with Crippen LogP contribution in [0.15, 0.2) is 31.2 Å². The molecule has 0 bridgehead atoms. The van der Waals surface area contributed by atoms with E-state index in [2.05, 4.69) is 21.1 Å². The van der Waals surface area contributed by atoms with E-state index in [0.717, 1.165) is 17.6 Å². The molecule has 4 atom stereocenters. The van der Waals surface area contributed by atoms with Crippen molar-refractivity contribution >= 4 is 11.2 Å². The molecule has 1 aliphatic carbocycles. The minimum absolute atomic E-state index is 0.0228. The summed E-state index contributed by atoms with van der Waals surface area (Å²) in [6.45, 7) is 7.85. The molecule has 6 nitrogen and oxygen atoms in total. The second-order valence-electron chi connectivity index (χ2n) is 6.51. The largest absolute Gasteiger partial charge is 0.344 e. The Kier molecular flexibility index (Phi) is 2.83. The molecule has 1 saturated carbocycles. The summed E-state index contributed by atoms with van der Waals surface area (Å²) in [6.07, 6.45) is 6.41. The molecular formula is C16H20N4O2. The monoisotopic (exact) mass is 300 g/mol. The maximum Gasteiger partial charge on any atom is 0.163 e. The third-order valence-electron chi connectivity index (χ3n) is 4.67. The summed E-state index contributed by atoms with van der Waals surface area (Å²) in [7, 11) is 0. The molecule has 4 rings (SSSR count). The Morgan fingerprint density at radius 1 is 1.45 bits per heavy atom. The molecule has 3 heterocycles. The Labute approximate surface area is 128 Å². The number of H-pyrrole nitrogens is 1. The fourth-order valence-corrected chi connectivity index (χ4v) is 3.75. The second-order valence-corrected chi connectivity index (χ2v) is 6.51. The van der Waals surface area contributed by atoms with Crippen molar-refractivity contribution in [3.05, 3.63) is 36.6 Å². The molecule has 1 saturated heterocycles. The van der Waals surface area contributed by atoms with E-state index in [1.807, 2.05) is 26.1 Å². The van der Waals surface area contributed by atoms with Crippen molar-refractivity contribution in [1.29, 1.82) is 5.41 Å². The molecule has 116 valence electrons. The number of pyridine rings is 1. The zero-order valence-electron chi connectivity index (χ0n) is 12.7. The molecule has 6 heteroatoms. The molecule has 0 radical (unpaired) electrons. The number of rotatable bonds is 2. The molecule has 2 N–H and O–H groups in total. The summed E-state index contributed by atoms with van der Waals surface area (Å²) in [5.41, 5.74) is 1.54. The lowest BCUT2D eigenvalue weighted by Gasteiger charge is -2.24. The van der Waals surface area contributed by atoms with Crippen LogP contribution in [0.3, 0.4) is 0 Å². The summed E-state index contributed by atoms with van der Waals surface area (Å²) in [4.78, 5) is 7.43. The highest BCUT2D eigenvalue weighted by Gasteiger charge is 2.53. The third kappa shape index (κ3) is 1.87. The van der Waals surface area contributed by atoms with Crippen LogP contribution in [-0.2, 0) is 9.47 Å². The van der Waals surface area contributed by atoms with Crippen LogP contribution in [0.2, 0.25) is 0 Å². The summed E-state index contributed by atoms with van der Waals surface area (Å²) in [5, 5.41) is 8.42. The predicted octanol–water partition coefficient (Wildman–Crippen LogP) is 2.11. The van der Waals surface area contributed by atoms with E-state index in [9.17, 15) is 0 Å². The molecule has 2 aromatic heterocycles. The summed E-state index contributed by atoms with van der Waals surface area (Å²) < 4.78 is 14.3. The van der Waals surface area contributed by atoms with Crippen LogP contribution in [0, 0.1) is 11.3 Å². The SMILES string of the molecule is C=C[C@H]1C[C@@H](n2ccc(=N)c3[nH]cnc32)[C@@H]2OC(C)(C)O[C@@H]21. The number of fused-ring (bicyclic) bond motifs is 2. The number of ether oxygens (including phenoxy) is 2. The minimum atomic E-state index is -0.574. The van der Waals surface area contributed by atoms with Gasteiger partial charge in [-0.05, 0) is 26.3 Å². The molecule has 0 aromatic carbocycles. The van der Waals surface area contributed by atoms with Crippen molar-refractivity contribution in [2.24, 2.45) is 5.92 Å². The van der Waals surface area contributed by atoms with Crippen molar-refractivity contribution in [2.75, 3.05) is 0 Å². The lowest BCUT2D eigenvalue weighted by molar-refractivity contribution is -0.158. The van der Waals surface area contributed by atoms with E-state index in [-0.39, 0.29) is 24.2 Å². The average molecular weight is 300 g/mol. The van der Waals surface area contributed by atoms with Crippen LogP contribution in [0.25, 0.3) is 11.2 Å². The Balaban J connectivity index is 1.81. The van der Waals surface area contributed by atoms with Crippen LogP contribution in [0.4, 0.5) is 0 Å². The van der Waals surface area contributed by atoms with Crippen LogP contribution in [0.5, 0.6) is 0 Å². The van der Waals surface area contributed by atoms with E-state index < -0.39 is 5.79 Å². The molecule has 2 fully saturated rings. The quantitative estimate of drug-likeness (QED) is 0.834. The molecule has 0 unspecified atom stereocenters. The van der Waals surface area contributed by atoms with E-state index in [1.165, 1.54) is 0 Å². The van der Waals surface area contributed by atoms with Gasteiger partial charge in [0.05, 0.1) is 23.8 Å². The van der Waals surface area contributed by atoms with Crippen molar-refractivity contribution in [1.82, 2.24) is 14.5 Å². The van der Waals surface area contributed by atoms with E-state index in [4.69, 9.17) is 14.9 Å². The van der Waals surface area contributed by atoms with Crippen LogP contribution in [-0.4, -0.2) is 32.5 Å². The lowest BCUT2D eigenvalue weighted by atomic mass is 10.1. The van der Waals surface area contributed by atoms with Gasteiger partial charge in [0.25, 0.3) is 0 Å². The fourth-order valence-electron chi connectivity index (χ4n) is 3.75. The first-order chi connectivity index (χ1) is 10.5. The standard InChI is InChI=1S/C16H20N4O2/c1-4-9-7-11(14-13(9)21-16(2,3)22-14)20-6-5-10(17)12-15(20)19-8-18-12/h4-6,8-9,11,13-14,17H,1,7H2,2-3H3,(H,18,19)/t9-,11+,13+,14-/m0/s1. The first-order valence-electron chi connectivity index (χ1n) is 7.57. The number of hydrogen-bond donors (Lipinski definition) is 2. The average Bonchev–Trinajstić information content (AvgIpc) is 3.13. The zero-order chi connectivity index (χ0) is 15.5. The van der Waals surface area contributed by atoms with Gasteiger partial charge in [-0.2, -0.15) is 0 Å². The van der Waals surface area contributed by atoms with Crippen LogP contribution >= 0.6 is 0 Å². The van der Waals surface area contributed by atoms with E-state index in [0.29, 0.717) is 5.36 Å². The Bertz CT molecular complexity index is 791. The Morgan fingerprint density at radius 2 is 2.23 bits per heavy atom. The number of hydrogen-bond acceptors (Lipinski definition) is 4. The highest BCUT2D eigenvalue weighted by atomic mass is 16.8. The van der Waals surface area contributed by atoms with Gasteiger partial charge in [-0.15, -0.1) is 6.58 Å². The van der Waals surface area contributed by atoms with Crippen LogP contribution in [0.1, 0.15) is 26.3 Å². The van der Waals surface area contributed by atoms with Gasteiger partial charge in [0, 0.05) is 12.1 Å². The summed E-state index contributed by atoms with van der Waals surface area (Å²) in [6, 6.07) is 1.92. The highest BCUT2D eigenvalue weighted by Crippen LogP contribution is 2.47. The third-order valence-corrected chi connectivity index (χ3v) is 4.67. The van der Waals surface area contributed by atoms with Crippen molar-refractivity contribution < 1.29 is 9.47 Å². The molecule has 1 aliphatic heterocycles. The molecule has 0 amide bonds. The smallest absolute Gasteiger partial charge is 0.163 e. The predicted molar refractivity (Wildman–Crippen MR) is 81.1 cm³/mol. The van der Waals surface area contributed by atoms with Gasteiger partial charge in [0.1, 0.15) is 11.6 Å². The molecule has 0 spiro atoms. The number of aromatic amines is 1. The number of nitrogens with one attached hydrogen (secondary N) is 2. The van der Waals surface area contributed by atoms with Gasteiger partial charge < -0.3 is 19.0 Å². The molecule has 22 heavy (non-hydrogen) atoms. The summed E-state index contributed by atoms with van der Waals surface area (Å²) in [5.74, 6) is -0.315. The Morgan fingerprint density at radius 3 is 3.00 bits per heavy atom. The number of nitrogens with zero attached hydrogens (tertiary/aromatic N) is 2. The number of imidazole rings is 1. The lowest BCUT2D eigenvalue weighted by Crippen LogP contribution is -2.28. The van der Waals surface area contributed by atoms with Crippen LogP contribution < -0.4 is 5.36 Å². The second kappa shape index (κ2) is 4.54. The minimum Gasteiger partial charge on any atom is -0.344 e. The van der Waals surface area contributed by atoms with Crippen molar-refractivity contribution in [2.45, 2.75) is 44.3 Å². The summed E-state index contributed by atoms with van der Waals surface area (Å²) >= 11 is 0. The molecule has 2 aromatic rings. The van der Waals surface area contributed by atoms with Gasteiger partial charge in [-0.1, -0.05) is 6.08 Å². The van der Waals surface area contributed by atoms with Gasteiger partial charge in [-0.3, -0.25) is 5.41 Å². The van der Waals surface area contributed by atoms with Gasteiger partial charge in [0.2, 0.25) is 0 Å². The zero-order valence-corrected chi connectivity index (χ0v) is 12.7. The number of aromatic nitrogens is 3. The van der Waals surface area contributed by atoms with Crippen molar-refractivity contribution in [3.8, 4) is 0 Å². The first-order valence-corrected chi connectivity index (χ1v) is 7.57. The Hall–Kier alpha value is -1.92. The van der Waals surface area contributed by atoms with E-state index >= 15 is 0 Å². The molecule has 2 aliphatic rings. The maximum atomic E-state index is 7.98. The molecular weight excluding hydrogens is 280 g/mol. The van der Waals surface area contributed by atoms with Gasteiger partial charge >= 0.3 is 0 Å². The normalized spacial score (nSPS) is 33.2. The van der Waals surface area contributed by atoms with Gasteiger partial charge in [0.15, 0.2) is 11.4 Å². The van der Waals surface area contributed by atoms with Gasteiger partial charge in [-0.25, -0.2) is 4.98 Å². The van der Waals surface area contributed by atoms with E-state index in [1.54, 1.807) is 12.4 Å². The fraction of sp³-hybridized carbons (Fsp3) is 0.500. The first kappa shape index (κ1) is 13.7. The topological polar surface area (TPSA) is 75.9 Å².